The molecule has 5 heteroatoms. The molecule has 0 amide bonds. The Bertz CT molecular complexity index is 388. The minimum Gasteiger partial charge on any atom is -0.504 e. The molecule has 0 aromatic heterocycles. The molecule has 0 atom stereocenters. The van der Waals surface area contributed by atoms with Gasteiger partial charge < -0.3 is 15.6 Å². The van der Waals surface area contributed by atoms with Crippen molar-refractivity contribution >= 4 is 11.6 Å². The standard InChI is InChI=1S/C10H13ClFNO2/c1-10(2,13)7-8(12)5(11)4-6(15-3)9(7)14/h4,14H,13H2,1-3H3. The van der Waals surface area contributed by atoms with E-state index in [9.17, 15) is 9.50 Å². The maximum atomic E-state index is 13.6. The first-order chi connectivity index (χ1) is 6.79. The van der Waals surface area contributed by atoms with Crippen molar-refractivity contribution < 1.29 is 14.2 Å². The Balaban J connectivity index is 3.55. The molecule has 0 aliphatic rings. The second-order valence-electron chi connectivity index (χ2n) is 3.82. The lowest BCUT2D eigenvalue weighted by molar-refractivity contribution is 0.356. The molecule has 3 N–H and O–H groups in total. The summed E-state index contributed by atoms with van der Waals surface area (Å²) in [5, 5.41) is 9.60. The first-order valence-corrected chi connectivity index (χ1v) is 4.71. The number of rotatable bonds is 2. The third kappa shape index (κ3) is 2.16. The monoisotopic (exact) mass is 233 g/mol. The molecular formula is C10H13ClFNO2. The lowest BCUT2D eigenvalue weighted by atomic mass is 9.93. The highest BCUT2D eigenvalue weighted by Crippen LogP contribution is 2.40. The lowest BCUT2D eigenvalue weighted by Gasteiger charge is -2.22. The average Bonchev–Trinajstić information content (AvgIpc) is 2.09. The fourth-order valence-corrected chi connectivity index (χ4v) is 1.53. The summed E-state index contributed by atoms with van der Waals surface area (Å²) in [4.78, 5) is 0. The van der Waals surface area contributed by atoms with Crippen LogP contribution in [0.1, 0.15) is 19.4 Å². The van der Waals surface area contributed by atoms with Crippen LogP contribution in [0.4, 0.5) is 4.39 Å². The second kappa shape index (κ2) is 3.87. The summed E-state index contributed by atoms with van der Waals surface area (Å²) in [5.41, 5.74) is 4.65. The summed E-state index contributed by atoms with van der Waals surface area (Å²) in [6, 6.07) is 1.21. The van der Waals surface area contributed by atoms with Gasteiger partial charge in [0.2, 0.25) is 0 Å². The van der Waals surface area contributed by atoms with Crippen molar-refractivity contribution in [1.29, 1.82) is 0 Å². The maximum Gasteiger partial charge on any atom is 0.165 e. The number of methoxy groups -OCH3 is 1. The summed E-state index contributed by atoms with van der Waals surface area (Å²) < 4.78 is 18.5. The van der Waals surface area contributed by atoms with Crippen LogP contribution >= 0.6 is 11.6 Å². The van der Waals surface area contributed by atoms with E-state index in [1.54, 1.807) is 13.8 Å². The van der Waals surface area contributed by atoms with E-state index in [-0.39, 0.29) is 22.1 Å². The fraction of sp³-hybridized carbons (Fsp3) is 0.400. The van der Waals surface area contributed by atoms with Crippen LogP contribution in [0.3, 0.4) is 0 Å². The van der Waals surface area contributed by atoms with Crippen LogP contribution in [0, 0.1) is 5.82 Å². The molecule has 1 aromatic carbocycles. The van der Waals surface area contributed by atoms with Crippen molar-refractivity contribution in [3.8, 4) is 11.5 Å². The van der Waals surface area contributed by atoms with E-state index in [1.807, 2.05) is 0 Å². The Morgan fingerprint density at radius 3 is 2.47 bits per heavy atom. The van der Waals surface area contributed by atoms with Gasteiger partial charge >= 0.3 is 0 Å². The molecule has 1 rings (SSSR count). The van der Waals surface area contributed by atoms with Crippen molar-refractivity contribution in [3.63, 3.8) is 0 Å². The van der Waals surface area contributed by atoms with E-state index < -0.39 is 11.4 Å². The van der Waals surface area contributed by atoms with Gasteiger partial charge in [0.15, 0.2) is 17.3 Å². The van der Waals surface area contributed by atoms with Crippen molar-refractivity contribution in [1.82, 2.24) is 0 Å². The number of hydrogen-bond donors (Lipinski definition) is 2. The van der Waals surface area contributed by atoms with Crippen LogP contribution < -0.4 is 10.5 Å². The zero-order chi connectivity index (χ0) is 11.8. The van der Waals surface area contributed by atoms with E-state index >= 15 is 0 Å². The molecule has 0 saturated heterocycles. The van der Waals surface area contributed by atoms with Gasteiger partial charge in [-0.05, 0) is 13.8 Å². The third-order valence-corrected chi connectivity index (χ3v) is 2.30. The molecule has 0 fully saturated rings. The smallest absolute Gasteiger partial charge is 0.165 e. The van der Waals surface area contributed by atoms with Gasteiger partial charge in [0.25, 0.3) is 0 Å². The van der Waals surface area contributed by atoms with Crippen LogP contribution in [-0.2, 0) is 5.54 Å². The van der Waals surface area contributed by atoms with Gasteiger partial charge in [-0.1, -0.05) is 11.6 Å². The Morgan fingerprint density at radius 1 is 1.53 bits per heavy atom. The summed E-state index contributed by atoms with van der Waals surface area (Å²) in [6.45, 7) is 3.14. The van der Waals surface area contributed by atoms with Crippen molar-refractivity contribution in [3.05, 3.63) is 22.5 Å². The minimum atomic E-state index is -1.04. The Kier molecular flexibility index (Phi) is 3.11. The van der Waals surface area contributed by atoms with Gasteiger partial charge in [-0.15, -0.1) is 0 Å². The maximum absolute atomic E-state index is 13.6. The number of aromatic hydroxyl groups is 1. The topological polar surface area (TPSA) is 55.5 Å². The molecule has 0 aliphatic heterocycles. The highest BCUT2D eigenvalue weighted by atomic mass is 35.5. The molecule has 0 saturated carbocycles. The van der Waals surface area contributed by atoms with Crippen LogP contribution in [0.2, 0.25) is 5.02 Å². The van der Waals surface area contributed by atoms with Crippen LogP contribution in [-0.4, -0.2) is 12.2 Å². The molecule has 0 unspecified atom stereocenters. The molecule has 0 aliphatic carbocycles. The predicted molar refractivity (Wildman–Crippen MR) is 56.8 cm³/mol. The SMILES string of the molecule is COc1cc(Cl)c(F)c(C(C)(C)N)c1O. The highest BCUT2D eigenvalue weighted by molar-refractivity contribution is 6.31. The molecule has 15 heavy (non-hydrogen) atoms. The van der Waals surface area contributed by atoms with Crippen molar-refractivity contribution in [2.45, 2.75) is 19.4 Å². The molecular weight excluding hydrogens is 221 g/mol. The van der Waals surface area contributed by atoms with E-state index in [1.165, 1.54) is 13.2 Å². The number of halogens is 2. The molecule has 0 bridgehead atoms. The van der Waals surface area contributed by atoms with Crippen LogP contribution in [0.25, 0.3) is 0 Å². The minimum absolute atomic E-state index is 0.0492. The largest absolute Gasteiger partial charge is 0.504 e. The van der Waals surface area contributed by atoms with Gasteiger partial charge in [0, 0.05) is 11.6 Å². The fourth-order valence-electron chi connectivity index (χ4n) is 1.34. The normalized spacial score (nSPS) is 11.6. The lowest BCUT2D eigenvalue weighted by Crippen LogP contribution is -2.30. The van der Waals surface area contributed by atoms with Gasteiger partial charge in [-0.2, -0.15) is 0 Å². The summed E-state index contributed by atoms with van der Waals surface area (Å²) >= 11 is 5.65. The molecule has 0 radical (unpaired) electrons. The van der Waals surface area contributed by atoms with Gasteiger partial charge in [-0.25, -0.2) is 4.39 Å². The Hall–Kier alpha value is -1.00. The molecule has 0 heterocycles. The quantitative estimate of drug-likeness (QED) is 0.825. The van der Waals surface area contributed by atoms with E-state index in [0.717, 1.165) is 0 Å². The zero-order valence-electron chi connectivity index (χ0n) is 8.77. The van der Waals surface area contributed by atoms with Gasteiger partial charge in [0.05, 0.1) is 17.7 Å². The second-order valence-corrected chi connectivity index (χ2v) is 4.23. The summed E-state index contributed by atoms with van der Waals surface area (Å²) in [5.74, 6) is -0.927. The van der Waals surface area contributed by atoms with E-state index in [4.69, 9.17) is 22.1 Å². The summed E-state index contributed by atoms with van der Waals surface area (Å²) in [7, 11) is 1.36. The number of phenolic OH excluding ortho intramolecular Hbond substituents is 1. The van der Waals surface area contributed by atoms with E-state index in [0.29, 0.717) is 0 Å². The number of benzene rings is 1. The molecule has 84 valence electrons. The Labute approximate surface area is 92.6 Å². The molecule has 3 nitrogen and oxygen atoms in total. The average molecular weight is 234 g/mol. The first kappa shape index (κ1) is 12.1. The number of ether oxygens (including phenoxy) is 1. The first-order valence-electron chi connectivity index (χ1n) is 4.33. The Morgan fingerprint density at radius 2 is 2.07 bits per heavy atom. The number of hydrogen-bond acceptors (Lipinski definition) is 3. The van der Waals surface area contributed by atoms with Crippen molar-refractivity contribution in [2.24, 2.45) is 5.73 Å². The van der Waals surface area contributed by atoms with Crippen molar-refractivity contribution in [2.75, 3.05) is 7.11 Å². The summed E-state index contributed by atoms with van der Waals surface area (Å²) in [6.07, 6.45) is 0. The van der Waals surface area contributed by atoms with Gasteiger partial charge in [0.1, 0.15) is 0 Å². The molecule has 1 aromatic rings. The third-order valence-electron chi connectivity index (χ3n) is 2.02. The zero-order valence-corrected chi connectivity index (χ0v) is 9.52. The highest BCUT2D eigenvalue weighted by Gasteiger charge is 2.27. The van der Waals surface area contributed by atoms with Crippen LogP contribution in [0.15, 0.2) is 6.07 Å². The number of phenols is 1. The number of nitrogens with two attached hydrogens (primary N) is 1. The van der Waals surface area contributed by atoms with Gasteiger partial charge in [-0.3, -0.25) is 0 Å². The molecule has 0 spiro atoms. The predicted octanol–water partition coefficient (Wildman–Crippen LogP) is 2.39. The van der Waals surface area contributed by atoms with E-state index in [2.05, 4.69) is 0 Å². The van der Waals surface area contributed by atoms with Crippen LogP contribution in [0.5, 0.6) is 11.5 Å².